The number of nitrogens with zero attached hydrogens (tertiary/aromatic N) is 1. The van der Waals surface area contributed by atoms with Gasteiger partial charge in [0.05, 0.1) is 4.90 Å². The highest BCUT2D eigenvalue weighted by Gasteiger charge is 2.27. The molecule has 5 heteroatoms. The average molecular weight is 304 g/mol. The van der Waals surface area contributed by atoms with Crippen LogP contribution in [0.5, 0.6) is 0 Å². The van der Waals surface area contributed by atoms with Crippen molar-refractivity contribution in [3.05, 3.63) is 28.2 Å². The summed E-state index contributed by atoms with van der Waals surface area (Å²) in [4.78, 5) is 0.398. The highest BCUT2D eigenvalue weighted by atomic mass is 79.9. The molecule has 0 unspecified atom stereocenters. The summed E-state index contributed by atoms with van der Waals surface area (Å²) in [7, 11) is -3.27. The zero-order valence-corrected chi connectivity index (χ0v) is 11.5. The van der Waals surface area contributed by atoms with Gasteiger partial charge in [0.1, 0.15) is 0 Å². The predicted molar refractivity (Wildman–Crippen MR) is 66.9 cm³/mol. The zero-order valence-electron chi connectivity index (χ0n) is 9.11. The molecular weight excluding hydrogens is 290 g/mol. The van der Waals surface area contributed by atoms with Crippen LogP contribution in [0, 0.1) is 6.92 Å². The summed E-state index contributed by atoms with van der Waals surface area (Å²) in [6.07, 6.45) is 1.93. The first-order valence-electron chi connectivity index (χ1n) is 5.28. The van der Waals surface area contributed by atoms with E-state index in [9.17, 15) is 8.42 Å². The van der Waals surface area contributed by atoms with E-state index in [-0.39, 0.29) is 0 Å². The lowest BCUT2D eigenvalue weighted by Crippen LogP contribution is -2.27. The number of rotatable bonds is 2. The minimum Gasteiger partial charge on any atom is -0.207 e. The van der Waals surface area contributed by atoms with Gasteiger partial charge in [0.15, 0.2) is 0 Å². The van der Waals surface area contributed by atoms with Gasteiger partial charge in [0.25, 0.3) is 0 Å². The third kappa shape index (κ3) is 2.17. The summed E-state index contributed by atoms with van der Waals surface area (Å²) in [5, 5.41) is 0. The van der Waals surface area contributed by atoms with Crippen LogP contribution in [0.25, 0.3) is 0 Å². The Balaban J connectivity index is 2.39. The van der Waals surface area contributed by atoms with Crippen LogP contribution in [0.3, 0.4) is 0 Å². The van der Waals surface area contributed by atoms with Crippen molar-refractivity contribution >= 4 is 26.0 Å². The van der Waals surface area contributed by atoms with Gasteiger partial charge >= 0.3 is 0 Å². The van der Waals surface area contributed by atoms with E-state index in [2.05, 4.69) is 15.9 Å². The van der Waals surface area contributed by atoms with E-state index in [1.165, 1.54) is 0 Å². The number of sulfonamides is 1. The first-order valence-corrected chi connectivity index (χ1v) is 7.51. The molecule has 1 aliphatic rings. The van der Waals surface area contributed by atoms with Gasteiger partial charge in [-0.05, 0) is 43.5 Å². The number of hydrogen-bond acceptors (Lipinski definition) is 2. The summed E-state index contributed by atoms with van der Waals surface area (Å²) in [5.74, 6) is 0. The molecule has 1 aromatic carbocycles. The van der Waals surface area contributed by atoms with Gasteiger partial charge < -0.3 is 0 Å². The maximum Gasteiger partial charge on any atom is 0.243 e. The lowest BCUT2D eigenvalue weighted by atomic mass is 10.2. The number of hydrogen-bond donors (Lipinski definition) is 0. The molecule has 2 rings (SSSR count). The minimum absolute atomic E-state index is 0.398. The number of benzene rings is 1. The van der Waals surface area contributed by atoms with Gasteiger partial charge in [0, 0.05) is 17.6 Å². The van der Waals surface area contributed by atoms with E-state index in [4.69, 9.17) is 0 Å². The van der Waals surface area contributed by atoms with E-state index >= 15 is 0 Å². The van der Waals surface area contributed by atoms with Crippen molar-refractivity contribution < 1.29 is 8.42 Å². The van der Waals surface area contributed by atoms with Crippen molar-refractivity contribution in [3.63, 3.8) is 0 Å². The van der Waals surface area contributed by atoms with Crippen molar-refractivity contribution in [3.8, 4) is 0 Å². The smallest absolute Gasteiger partial charge is 0.207 e. The summed E-state index contributed by atoms with van der Waals surface area (Å²) >= 11 is 3.37. The third-order valence-corrected chi connectivity index (χ3v) is 5.62. The largest absolute Gasteiger partial charge is 0.243 e. The Morgan fingerprint density at radius 1 is 1.25 bits per heavy atom. The van der Waals surface area contributed by atoms with Crippen molar-refractivity contribution in [2.75, 3.05) is 13.1 Å². The average Bonchev–Trinajstić information content (AvgIpc) is 2.75. The van der Waals surface area contributed by atoms with Crippen molar-refractivity contribution in [2.45, 2.75) is 24.7 Å². The number of halogens is 1. The molecule has 1 aliphatic heterocycles. The van der Waals surface area contributed by atoms with Crippen LogP contribution < -0.4 is 0 Å². The topological polar surface area (TPSA) is 37.4 Å². The molecule has 88 valence electrons. The van der Waals surface area contributed by atoms with Crippen molar-refractivity contribution in [1.82, 2.24) is 4.31 Å². The Bertz CT molecular complexity index is 493. The highest BCUT2D eigenvalue weighted by Crippen LogP contribution is 2.24. The van der Waals surface area contributed by atoms with Gasteiger partial charge in [-0.2, -0.15) is 4.31 Å². The maximum absolute atomic E-state index is 12.2. The second kappa shape index (κ2) is 4.47. The van der Waals surface area contributed by atoms with Crippen LogP contribution in [-0.4, -0.2) is 25.8 Å². The lowest BCUT2D eigenvalue weighted by Gasteiger charge is -2.15. The quantitative estimate of drug-likeness (QED) is 0.842. The van der Waals surface area contributed by atoms with Gasteiger partial charge in [-0.3, -0.25) is 0 Å². The molecule has 0 atom stereocenters. The fourth-order valence-corrected chi connectivity index (χ4v) is 3.70. The molecule has 0 bridgehead atoms. The predicted octanol–water partition coefficient (Wildman–Crippen LogP) is 2.54. The summed E-state index contributed by atoms with van der Waals surface area (Å²) in [5.41, 5.74) is 0.945. The van der Waals surface area contributed by atoms with Crippen LogP contribution in [0.4, 0.5) is 0 Å². The first-order chi connectivity index (χ1) is 7.51. The van der Waals surface area contributed by atoms with Crippen molar-refractivity contribution in [1.29, 1.82) is 0 Å². The zero-order chi connectivity index (χ0) is 11.8. The van der Waals surface area contributed by atoms with Crippen molar-refractivity contribution in [2.24, 2.45) is 0 Å². The fraction of sp³-hybridized carbons (Fsp3) is 0.455. The summed E-state index contributed by atoms with van der Waals surface area (Å²) in [6.45, 7) is 3.20. The van der Waals surface area contributed by atoms with E-state index in [0.717, 1.165) is 22.9 Å². The van der Waals surface area contributed by atoms with Crippen LogP contribution in [0.1, 0.15) is 18.4 Å². The van der Waals surface area contributed by atoms with E-state index in [0.29, 0.717) is 18.0 Å². The standard InChI is InChI=1S/C11H14BrNO2S/c1-9-8-10(4-5-11(9)12)16(14,15)13-6-2-3-7-13/h4-5,8H,2-3,6-7H2,1H3. The molecule has 16 heavy (non-hydrogen) atoms. The molecule has 0 spiro atoms. The van der Waals surface area contributed by atoms with E-state index < -0.39 is 10.0 Å². The van der Waals surface area contributed by atoms with Crippen LogP contribution >= 0.6 is 15.9 Å². The molecule has 0 amide bonds. The Morgan fingerprint density at radius 2 is 1.88 bits per heavy atom. The molecule has 0 radical (unpaired) electrons. The van der Waals surface area contributed by atoms with E-state index in [1.807, 2.05) is 6.92 Å². The monoisotopic (exact) mass is 303 g/mol. The number of aryl methyl sites for hydroxylation is 1. The Morgan fingerprint density at radius 3 is 2.44 bits per heavy atom. The molecule has 1 fully saturated rings. The molecule has 0 saturated carbocycles. The second-order valence-corrected chi connectivity index (χ2v) is 6.81. The molecule has 3 nitrogen and oxygen atoms in total. The Hall–Kier alpha value is -0.390. The Labute approximate surface area is 105 Å². The molecule has 0 aromatic heterocycles. The maximum atomic E-state index is 12.2. The molecular formula is C11H14BrNO2S. The first kappa shape index (κ1) is 12.1. The SMILES string of the molecule is Cc1cc(S(=O)(=O)N2CCCC2)ccc1Br. The molecule has 1 aromatic rings. The fourth-order valence-electron chi connectivity index (χ4n) is 1.86. The minimum atomic E-state index is -3.27. The lowest BCUT2D eigenvalue weighted by molar-refractivity contribution is 0.477. The normalized spacial score (nSPS) is 17.9. The van der Waals surface area contributed by atoms with Crippen LogP contribution in [0.15, 0.2) is 27.6 Å². The van der Waals surface area contributed by atoms with Crippen LogP contribution in [-0.2, 0) is 10.0 Å². The summed E-state index contributed by atoms with van der Waals surface area (Å²) < 4.78 is 26.9. The molecule has 0 aliphatic carbocycles. The van der Waals surface area contributed by atoms with E-state index in [1.54, 1.807) is 22.5 Å². The highest BCUT2D eigenvalue weighted by molar-refractivity contribution is 9.10. The molecule has 0 N–H and O–H groups in total. The third-order valence-electron chi connectivity index (χ3n) is 2.83. The van der Waals surface area contributed by atoms with Gasteiger partial charge in [-0.25, -0.2) is 8.42 Å². The Kier molecular flexibility index (Phi) is 3.37. The van der Waals surface area contributed by atoms with Gasteiger partial charge in [-0.15, -0.1) is 0 Å². The van der Waals surface area contributed by atoms with Gasteiger partial charge in [0.2, 0.25) is 10.0 Å². The summed E-state index contributed by atoms with van der Waals surface area (Å²) in [6, 6.07) is 5.17. The molecule has 1 saturated heterocycles. The van der Waals surface area contributed by atoms with Crippen LogP contribution in [0.2, 0.25) is 0 Å². The van der Waals surface area contributed by atoms with Gasteiger partial charge in [-0.1, -0.05) is 15.9 Å². The second-order valence-electron chi connectivity index (χ2n) is 4.02. The molecule has 1 heterocycles.